The maximum Gasteiger partial charge on any atom is 0.169 e. The van der Waals surface area contributed by atoms with E-state index < -0.39 is 0 Å². The van der Waals surface area contributed by atoms with Crippen molar-refractivity contribution < 1.29 is 4.79 Å². The van der Waals surface area contributed by atoms with Crippen molar-refractivity contribution in [1.82, 2.24) is 10.2 Å². The predicted octanol–water partition coefficient (Wildman–Crippen LogP) is 3.62. The van der Waals surface area contributed by atoms with E-state index >= 15 is 0 Å². The minimum absolute atomic E-state index is 0.0111. The van der Waals surface area contributed by atoms with Crippen molar-refractivity contribution in [3.63, 3.8) is 0 Å². The Morgan fingerprint density at radius 3 is 2.85 bits per heavy atom. The molecule has 2 aromatic rings. The molecule has 0 saturated carbocycles. The zero-order valence-electron chi connectivity index (χ0n) is 12.1. The summed E-state index contributed by atoms with van der Waals surface area (Å²) in [7, 11) is 0. The first-order valence-electron chi connectivity index (χ1n) is 6.89. The van der Waals surface area contributed by atoms with Crippen LogP contribution in [-0.2, 0) is 6.42 Å². The molecule has 0 bridgehead atoms. The average Bonchev–Trinajstić information content (AvgIpc) is 2.70. The van der Waals surface area contributed by atoms with Gasteiger partial charge in [0.15, 0.2) is 11.6 Å². The third kappa shape index (κ3) is 2.33. The molecule has 0 unspecified atom stereocenters. The third-order valence-electron chi connectivity index (χ3n) is 3.70. The number of anilines is 2. The summed E-state index contributed by atoms with van der Waals surface area (Å²) in [5.41, 5.74) is 3.81. The van der Waals surface area contributed by atoms with Crippen LogP contribution < -0.4 is 5.32 Å². The van der Waals surface area contributed by atoms with Crippen LogP contribution in [0.4, 0.5) is 11.5 Å². The maximum atomic E-state index is 12.3. The van der Waals surface area contributed by atoms with Crippen molar-refractivity contribution in [1.29, 1.82) is 0 Å². The molecule has 0 spiro atoms. The highest BCUT2D eigenvalue weighted by atomic mass is 16.1. The highest BCUT2D eigenvalue weighted by Crippen LogP contribution is 2.37. The van der Waals surface area contributed by atoms with Gasteiger partial charge in [-0.1, -0.05) is 26.0 Å². The molecule has 0 amide bonds. The lowest BCUT2D eigenvalue weighted by molar-refractivity contribution is 0.0912. The molecule has 3 rings (SSSR count). The highest BCUT2D eigenvalue weighted by molar-refractivity contribution is 6.03. The Bertz CT molecular complexity index is 670. The molecule has 4 heteroatoms. The molecule has 0 saturated heterocycles. The van der Waals surface area contributed by atoms with Crippen LogP contribution in [0.5, 0.6) is 0 Å². The van der Waals surface area contributed by atoms with Crippen LogP contribution in [0.3, 0.4) is 0 Å². The summed E-state index contributed by atoms with van der Waals surface area (Å²) in [6, 6.07) is 8.05. The van der Waals surface area contributed by atoms with E-state index in [1.165, 1.54) is 5.56 Å². The van der Waals surface area contributed by atoms with Crippen molar-refractivity contribution >= 4 is 17.3 Å². The van der Waals surface area contributed by atoms with Crippen LogP contribution in [-0.4, -0.2) is 16.0 Å². The monoisotopic (exact) mass is 269 g/mol. The van der Waals surface area contributed by atoms with Crippen molar-refractivity contribution in [2.24, 2.45) is 5.41 Å². The zero-order chi connectivity index (χ0) is 14.3. The fourth-order valence-corrected chi connectivity index (χ4v) is 2.82. The van der Waals surface area contributed by atoms with E-state index in [1.807, 2.05) is 31.2 Å². The number of aryl methyl sites for hydroxylation is 1. The number of aromatic nitrogens is 2. The summed E-state index contributed by atoms with van der Waals surface area (Å²) in [6.45, 7) is 6.27. The lowest BCUT2D eigenvalue weighted by atomic mass is 9.76. The van der Waals surface area contributed by atoms with E-state index in [4.69, 9.17) is 0 Å². The first-order chi connectivity index (χ1) is 9.44. The van der Waals surface area contributed by atoms with E-state index in [0.29, 0.717) is 12.2 Å². The molecule has 0 atom stereocenters. The number of hydrogen-bond acceptors (Lipinski definition) is 3. The summed E-state index contributed by atoms with van der Waals surface area (Å²) in [4.78, 5) is 12.3. The van der Waals surface area contributed by atoms with Gasteiger partial charge in [0.05, 0.1) is 5.56 Å². The van der Waals surface area contributed by atoms with Crippen LogP contribution in [0.2, 0.25) is 0 Å². The molecule has 1 heterocycles. The minimum atomic E-state index is 0.0111. The van der Waals surface area contributed by atoms with Crippen molar-refractivity contribution in [3.8, 4) is 0 Å². The standard InChI is InChI=1S/C16H19N3O/c1-10-5-4-6-11(7-10)17-15-14-12(18-19-15)8-16(2,3)9-13(14)20/h4-7H,8-9H2,1-3H3,(H2,17,18,19). The van der Waals surface area contributed by atoms with Gasteiger partial charge in [-0.05, 0) is 36.5 Å². The molecular formula is C16H19N3O. The Kier molecular flexibility index (Phi) is 2.89. The van der Waals surface area contributed by atoms with E-state index in [-0.39, 0.29) is 11.2 Å². The number of hydrogen-bond donors (Lipinski definition) is 2. The first-order valence-corrected chi connectivity index (χ1v) is 6.89. The Hall–Kier alpha value is -2.10. The lowest BCUT2D eigenvalue weighted by Gasteiger charge is -2.27. The minimum Gasteiger partial charge on any atom is -0.338 e. The Morgan fingerprint density at radius 1 is 1.30 bits per heavy atom. The number of nitrogens with zero attached hydrogens (tertiary/aromatic N) is 1. The van der Waals surface area contributed by atoms with Crippen LogP contribution in [0.25, 0.3) is 0 Å². The largest absolute Gasteiger partial charge is 0.338 e. The van der Waals surface area contributed by atoms with E-state index in [2.05, 4.69) is 29.4 Å². The number of carbonyl (C=O) groups is 1. The molecule has 0 aliphatic heterocycles. The molecule has 104 valence electrons. The van der Waals surface area contributed by atoms with E-state index in [1.54, 1.807) is 0 Å². The number of fused-ring (bicyclic) bond motifs is 1. The summed E-state index contributed by atoms with van der Waals surface area (Å²) in [6.07, 6.45) is 1.43. The summed E-state index contributed by atoms with van der Waals surface area (Å²) in [5.74, 6) is 0.811. The number of H-pyrrole nitrogens is 1. The summed E-state index contributed by atoms with van der Waals surface area (Å²) < 4.78 is 0. The quantitative estimate of drug-likeness (QED) is 0.875. The fraction of sp³-hybridized carbons (Fsp3) is 0.375. The number of Topliss-reactive ketones (excluding diaryl/α,β-unsaturated/α-hetero) is 1. The third-order valence-corrected chi connectivity index (χ3v) is 3.70. The van der Waals surface area contributed by atoms with Crippen molar-refractivity contribution in [2.75, 3.05) is 5.32 Å². The predicted molar refractivity (Wildman–Crippen MR) is 79.5 cm³/mol. The number of benzene rings is 1. The second kappa shape index (κ2) is 4.47. The van der Waals surface area contributed by atoms with Gasteiger partial charge in [-0.2, -0.15) is 5.10 Å². The lowest BCUT2D eigenvalue weighted by Crippen LogP contribution is -2.26. The molecule has 4 nitrogen and oxygen atoms in total. The van der Waals surface area contributed by atoms with Gasteiger partial charge < -0.3 is 5.32 Å². The summed E-state index contributed by atoms with van der Waals surface area (Å²) >= 11 is 0. The Balaban J connectivity index is 1.94. The number of ketones is 1. The number of rotatable bonds is 2. The van der Waals surface area contributed by atoms with Crippen LogP contribution >= 0.6 is 0 Å². The number of nitrogens with one attached hydrogen (secondary N) is 2. The van der Waals surface area contributed by atoms with Gasteiger partial charge in [-0.25, -0.2) is 0 Å². The topological polar surface area (TPSA) is 57.8 Å². The van der Waals surface area contributed by atoms with Crippen LogP contribution in [0, 0.1) is 12.3 Å². The first kappa shape index (κ1) is 12.9. The van der Waals surface area contributed by atoms with Crippen LogP contribution in [0.1, 0.15) is 41.9 Å². The maximum absolute atomic E-state index is 12.3. The zero-order valence-corrected chi connectivity index (χ0v) is 12.1. The normalized spacial score (nSPS) is 16.9. The number of carbonyl (C=O) groups excluding carboxylic acids is 1. The van der Waals surface area contributed by atoms with Gasteiger partial charge in [0.2, 0.25) is 0 Å². The molecule has 2 N–H and O–H groups in total. The van der Waals surface area contributed by atoms with E-state index in [0.717, 1.165) is 23.4 Å². The van der Waals surface area contributed by atoms with Crippen molar-refractivity contribution in [3.05, 3.63) is 41.1 Å². The molecule has 0 radical (unpaired) electrons. The highest BCUT2D eigenvalue weighted by Gasteiger charge is 2.34. The molecular weight excluding hydrogens is 250 g/mol. The Labute approximate surface area is 118 Å². The van der Waals surface area contributed by atoms with Gasteiger partial charge in [0.1, 0.15) is 0 Å². The molecule has 1 aromatic heterocycles. The molecule has 1 aliphatic rings. The molecule has 1 aliphatic carbocycles. The van der Waals surface area contributed by atoms with Gasteiger partial charge in [-0.15, -0.1) is 0 Å². The molecule has 20 heavy (non-hydrogen) atoms. The van der Waals surface area contributed by atoms with E-state index in [9.17, 15) is 4.79 Å². The molecule has 1 aromatic carbocycles. The Morgan fingerprint density at radius 2 is 2.10 bits per heavy atom. The van der Waals surface area contributed by atoms with Crippen molar-refractivity contribution in [2.45, 2.75) is 33.6 Å². The summed E-state index contributed by atoms with van der Waals surface area (Å²) in [5, 5.41) is 10.5. The molecule has 0 fully saturated rings. The average molecular weight is 269 g/mol. The second-order valence-electron chi connectivity index (χ2n) is 6.36. The fourth-order valence-electron chi connectivity index (χ4n) is 2.82. The second-order valence-corrected chi connectivity index (χ2v) is 6.36. The van der Waals surface area contributed by atoms with Crippen LogP contribution in [0.15, 0.2) is 24.3 Å². The number of aromatic amines is 1. The van der Waals surface area contributed by atoms with Gasteiger partial charge in [0, 0.05) is 17.8 Å². The van der Waals surface area contributed by atoms with Gasteiger partial charge >= 0.3 is 0 Å². The van der Waals surface area contributed by atoms with Gasteiger partial charge in [-0.3, -0.25) is 9.89 Å². The SMILES string of the molecule is Cc1cccc(Nc2n[nH]c3c2C(=O)CC(C)(C)C3)c1. The smallest absolute Gasteiger partial charge is 0.169 e. The van der Waals surface area contributed by atoms with Gasteiger partial charge in [0.25, 0.3) is 0 Å².